The number of hydrogen-bond acceptors (Lipinski definition) is 4. The molecule has 0 aliphatic heterocycles. The Kier molecular flexibility index (Phi) is 2.99. The van der Waals surface area contributed by atoms with E-state index in [0.29, 0.717) is 5.82 Å². The Morgan fingerprint density at radius 2 is 2.07 bits per heavy atom. The molecule has 1 aromatic heterocycles. The number of rotatable bonds is 3. The highest BCUT2D eigenvalue weighted by molar-refractivity contribution is 5.59. The van der Waals surface area contributed by atoms with Gasteiger partial charge in [0.05, 0.1) is 6.20 Å². The molecule has 4 nitrogen and oxygen atoms in total. The second kappa shape index (κ2) is 4.61. The third-order valence-corrected chi connectivity index (χ3v) is 2.11. The lowest BCUT2D eigenvalue weighted by Crippen LogP contribution is -2.07. The maximum absolute atomic E-state index is 4.19. The summed E-state index contributed by atoms with van der Waals surface area (Å²) in [5.41, 5.74) is 2.20. The summed E-state index contributed by atoms with van der Waals surface area (Å²) in [5.74, 6) is 0.670. The molecule has 0 aliphatic carbocycles. The standard InChI is InChI=1S/C11H12N4/c1-12-8-9-4-2-3-5-10(9)11-13-6-7-14-15-11/h2-7,12H,8H2,1H3. The molecule has 0 bridgehead atoms. The minimum Gasteiger partial charge on any atom is -0.316 e. The smallest absolute Gasteiger partial charge is 0.182 e. The van der Waals surface area contributed by atoms with Crippen molar-refractivity contribution in [2.45, 2.75) is 6.54 Å². The Bertz CT molecular complexity index is 428. The van der Waals surface area contributed by atoms with E-state index >= 15 is 0 Å². The molecular formula is C11H12N4. The van der Waals surface area contributed by atoms with Gasteiger partial charge in [-0.05, 0) is 12.6 Å². The summed E-state index contributed by atoms with van der Waals surface area (Å²) in [6, 6.07) is 8.04. The van der Waals surface area contributed by atoms with Crippen LogP contribution in [0, 0.1) is 0 Å². The molecule has 15 heavy (non-hydrogen) atoms. The molecule has 1 aromatic carbocycles. The fourth-order valence-electron chi connectivity index (χ4n) is 1.45. The van der Waals surface area contributed by atoms with Crippen molar-refractivity contribution in [3.8, 4) is 11.4 Å². The van der Waals surface area contributed by atoms with Crippen LogP contribution in [0.3, 0.4) is 0 Å². The highest BCUT2D eigenvalue weighted by Crippen LogP contribution is 2.18. The molecule has 0 radical (unpaired) electrons. The average Bonchev–Trinajstić information content (AvgIpc) is 2.31. The van der Waals surface area contributed by atoms with Gasteiger partial charge < -0.3 is 5.32 Å². The lowest BCUT2D eigenvalue weighted by Gasteiger charge is -2.06. The van der Waals surface area contributed by atoms with Gasteiger partial charge >= 0.3 is 0 Å². The molecule has 0 saturated heterocycles. The minimum atomic E-state index is 0.670. The van der Waals surface area contributed by atoms with Crippen LogP contribution in [0.5, 0.6) is 0 Å². The molecule has 0 unspecified atom stereocenters. The monoisotopic (exact) mass is 200 g/mol. The van der Waals surface area contributed by atoms with Crippen molar-refractivity contribution in [1.29, 1.82) is 0 Å². The molecular weight excluding hydrogens is 188 g/mol. The lowest BCUT2D eigenvalue weighted by atomic mass is 10.1. The first-order valence-corrected chi connectivity index (χ1v) is 4.78. The summed E-state index contributed by atoms with van der Waals surface area (Å²) in [4.78, 5) is 4.19. The predicted octanol–water partition coefficient (Wildman–Crippen LogP) is 1.26. The van der Waals surface area contributed by atoms with Gasteiger partial charge in [-0.15, -0.1) is 5.10 Å². The van der Waals surface area contributed by atoms with E-state index in [1.807, 2.05) is 25.2 Å². The Morgan fingerprint density at radius 1 is 1.20 bits per heavy atom. The van der Waals surface area contributed by atoms with E-state index < -0.39 is 0 Å². The van der Waals surface area contributed by atoms with Crippen LogP contribution in [0.4, 0.5) is 0 Å². The molecule has 4 heteroatoms. The van der Waals surface area contributed by atoms with Gasteiger partial charge in [-0.3, -0.25) is 0 Å². The summed E-state index contributed by atoms with van der Waals surface area (Å²) in [6.45, 7) is 0.800. The molecule has 0 saturated carbocycles. The van der Waals surface area contributed by atoms with E-state index in [1.54, 1.807) is 12.4 Å². The summed E-state index contributed by atoms with van der Waals surface area (Å²) in [6.07, 6.45) is 3.22. The van der Waals surface area contributed by atoms with E-state index in [4.69, 9.17) is 0 Å². The van der Waals surface area contributed by atoms with Crippen LogP contribution in [0.25, 0.3) is 11.4 Å². The summed E-state index contributed by atoms with van der Waals surface area (Å²) < 4.78 is 0. The first kappa shape index (κ1) is 9.73. The lowest BCUT2D eigenvalue weighted by molar-refractivity contribution is 0.817. The van der Waals surface area contributed by atoms with Gasteiger partial charge in [0, 0.05) is 18.3 Å². The van der Waals surface area contributed by atoms with Gasteiger partial charge in [0.1, 0.15) is 0 Å². The van der Waals surface area contributed by atoms with Crippen molar-refractivity contribution in [1.82, 2.24) is 20.5 Å². The normalized spacial score (nSPS) is 10.2. The Morgan fingerprint density at radius 3 is 2.80 bits per heavy atom. The Balaban J connectivity index is 2.43. The van der Waals surface area contributed by atoms with E-state index in [9.17, 15) is 0 Å². The first-order valence-electron chi connectivity index (χ1n) is 4.78. The van der Waals surface area contributed by atoms with Crippen LogP contribution >= 0.6 is 0 Å². The van der Waals surface area contributed by atoms with E-state index in [1.165, 1.54) is 5.56 Å². The second-order valence-corrected chi connectivity index (χ2v) is 3.15. The van der Waals surface area contributed by atoms with Gasteiger partial charge in [0.25, 0.3) is 0 Å². The van der Waals surface area contributed by atoms with Crippen LogP contribution < -0.4 is 5.32 Å². The maximum atomic E-state index is 4.19. The third-order valence-electron chi connectivity index (χ3n) is 2.11. The predicted molar refractivity (Wildman–Crippen MR) is 58.0 cm³/mol. The van der Waals surface area contributed by atoms with Crippen molar-refractivity contribution in [2.24, 2.45) is 0 Å². The highest BCUT2D eigenvalue weighted by atomic mass is 15.1. The van der Waals surface area contributed by atoms with Crippen LogP contribution in [-0.2, 0) is 6.54 Å². The zero-order chi connectivity index (χ0) is 10.5. The largest absolute Gasteiger partial charge is 0.316 e. The quantitative estimate of drug-likeness (QED) is 0.810. The fourth-order valence-corrected chi connectivity index (χ4v) is 1.45. The number of hydrogen-bond donors (Lipinski definition) is 1. The van der Waals surface area contributed by atoms with Crippen molar-refractivity contribution in [3.63, 3.8) is 0 Å². The molecule has 0 fully saturated rings. The molecule has 0 spiro atoms. The molecule has 0 aliphatic rings. The summed E-state index contributed by atoms with van der Waals surface area (Å²) >= 11 is 0. The third kappa shape index (κ3) is 2.16. The van der Waals surface area contributed by atoms with Crippen LogP contribution in [0.2, 0.25) is 0 Å². The highest BCUT2D eigenvalue weighted by Gasteiger charge is 2.05. The topological polar surface area (TPSA) is 50.7 Å². The van der Waals surface area contributed by atoms with Gasteiger partial charge in [0.15, 0.2) is 5.82 Å². The molecule has 1 N–H and O–H groups in total. The van der Waals surface area contributed by atoms with E-state index in [-0.39, 0.29) is 0 Å². The minimum absolute atomic E-state index is 0.670. The molecule has 0 amide bonds. The molecule has 76 valence electrons. The summed E-state index contributed by atoms with van der Waals surface area (Å²) in [5, 5.41) is 11.0. The Hall–Kier alpha value is -1.81. The average molecular weight is 200 g/mol. The van der Waals surface area contributed by atoms with E-state index in [0.717, 1.165) is 12.1 Å². The van der Waals surface area contributed by atoms with Gasteiger partial charge in [-0.25, -0.2) is 4.98 Å². The SMILES string of the molecule is CNCc1ccccc1-c1nccnn1. The number of nitrogens with zero attached hydrogens (tertiary/aromatic N) is 3. The molecule has 0 atom stereocenters. The summed E-state index contributed by atoms with van der Waals surface area (Å²) in [7, 11) is 1.92. The fraction of sp³-hybridized carbons (Fsp3) is 0.182. The van der Waals surface area contributed by atoms with Gasteiger partial charge in [-0.1, -0.05) is 24.3 Å². The van der Waals surface area contributed by atoms with Crippen LogP contribution in [-0.4, -0.2) is 22.2 Å². The zero-order valence-electron chi connectivity index (χ0n) is 8.51. The first-order chi connectivity index (χ1) is 7.42. The van der Waals surface area contributed by atoms with Crippen LogP contribution in [0.1, 0.15) is 5.56 Å². The van der Waals surface area contributed by atoms with Crippen molar-refractivity contribution in [2.75, 3.05) is 7.05 Å². The second-order valence-electron chi connectivity index (χ2n) is 3.15. The molecule has 2 rings (SSSR count). The molecule has 2 aromatic rings. The number of nitrogens with one attached hydrogen (secondary N) is 1. The number of aromatic nitrogens is 3. The number of benzene rings is 1. The maximum Gasteiger partial charge on any atom is 0.182 e. The van der Waals surface area contributed by atoms with Crippen molar-refractivity contribution in [3.05, 3.63) is 42.2 Å². The van der Waals surface area contributed by atoms with Crippen molar-refractivity contribution < 1.29 is 0 Å². The Labute approximate surface area is 88.4 Å². The van der Waals surface area contributed by atoms with Gasteiger partial charge in [-0.2, -0.15) is 5.10 Å². The van der Waals surface area contributed by atoms with E-state index in [2.05, 4.69) is 26.6 Å². The van der Waals surface area contributed by atoms with Crippen LogP contribution in [0.15, 0.2) is 36.7 Å². The zero-order valence-corrected chi connectivity index (χ0v) is 8.51. The van der Waals surface area contributed by atoms with Gasteiger partial charge in [0.2, 0.25) is 0 Å². The molecule has 1 heterocycles. The van der Waals surface area contributed by atoms with Crippen molar-refractivity contribution >= 4 is 0 Å².